The quantitative estimate of drug-likeness (QED) is 0.941. The summed E-state index contributed by atoms with van der Waals surface area (Å²) in [5, 5.41) is 2.95. The number of hydrogen-bond donors (Lipinski definition) is 1. The van der Waals surface area contributed by atoms with Crippen molar-refractivity contribution in [3.05, 3.63) is 66.0 Å². The van der Waals surface area contributed by atoms with Crippen molar-refractivity contribution in [1.29, 1.82) is 0 Å². The fourth-order valence-corrected chi connectivity index (χ4v) is 2.69. The Hall–Kier alpha value is -2.40. The summed E-state index contributed by atoms with van der Waals surface area (Å²) in [5.41, 5.74) is 1.72. The molecule has 0 spiro atoms. The molecule has 1 amide bonds. The Morgan fingerprint density at radius 1 is 0.957 bits per heavy atom. The van der Waals surface area contributed by atoms with Gasteiger partial charge in [-0.15, -0.1) is 0 Å². The van der Waals surface area contributed by atoms with Gasteiger partial charge in [-0.25, -0.2) is 4.39 Å². The Bertz CT molecular complexity index is 637. The van der Waals surface area contributed by atoms with Crippen molar-refractivity contribution in [2.45, 2.75) is 0 Å². The molecular formula is C18H20FN3O. The lowest BCUT2D eigenvalue weighted by molar-refractivity contribution is 0.0920. The number of nitrogens with zero attached hydrogens (tertiary/aromatic N) is 2. The first kappa shape index (κ1) is 15.5. The van der Waals surface area contributed by atoms with E-state index in [9.17, 15) is 9.18 Å². The Kier molecular flexibility index (Phi) is 4.88. The number of carbonyl (C=O) groups is 1. The van der Waals surface area contributed by atoms with E-state index in [1.807, 2.05) is 42.5 Å². The number of halogens is 1. The maximum atomic E-state index is 13.0. The summed E-state index contributed by atoms with van der Waals surface area (Å²) in [6.07, 6.45) is 0. The number of hydrogen-bond acceptors (Lipinski definition) is 3. The van der Waals surface area contributed by atoms with E-state index in [0.717, 1.165) is 31.9 Å². The van der Waals surface area contributed by atoms with Crippen molar-refractivity contribution in [2.75, 3.05) is 37.7 Å². The molecule has 120 valence electrons. The number of nitrogens with one attached hydrogen (secondary N) is 1. The predicted octanol–water partition coefficient (Wildman–Crippen LogP) is 2.34. The van der Waals surface area contributed by atoms with Crippen molar-refractivity contribution in [3.8, 4) is 0 Å². The van der Waals surface area contributed by atoms with Crippen LogP contribution in [0.3, 0.4) is 0 Å². The molecule has 4 nitrogen and oxygen atoms in total. The monoisotopic (exact) mass is 313 g/mol. The zero-order chi connectivity index (χ0) is 16.1. The zero-order valence-corrected chi connectivity index (χ0v) is 12.9. The summed E-state index contributed by atoms with van der Waals surface area (Å²) in [7, 11) is 0. The summed E-state index contributed by atoms with van der Waals surface area (Å²) in [5.74, 6) is -0.262. The molecule has 2 aromatic carbocycles. The fourth-order valence-electron chi connectivity index (χ4n) is 2.69. The minimum Gasteiger partial charge on any atom is -0.369 e. The minimum absolute atomic E-state index is 0.0495. The number of carbonyl (C=O) groups excluding carboxylic acids is 1. The molecule has 1 N–H and O–H groups in total. The van der Waals surface area contributed by atoms with Crippen LogP contribution in [-0.4, -0.2) is 43.7 Å². The lowest BCUT2D eigenvalue weighted by Crippen LogP contribution is -2.50. The summed E-state index contributed by atoms with van der Waals surface area (Å²) in [4.78, 5) is 16.5. The lowest BCUT2D eigenvalue weighted by Gasteiger charge is -2.36. The minimum atomic E-state index is -0.212. The third kappa shape index (κ3) is 4.07. The van der Waals surface area contributed by atoms with Crippen LogP contribution in [0.4, 0.5) is 10.1 Å². The van der Waals surface area contributed by atoms with E-state index < -0.39 is 0 Å². The number of rotatable bonds is 4. The highest BCUT2D eigenvalue weighted by molar-refractivity contribution is 5.94. The Morgan fingerprint density at radius 2 is 1.61 bits per heavy atom. The first-order chi connectivity index (χ1) is 11.2. The molecule has 1 aliphatic heterocycles. The molecule has 23 heavy (non-hydrogen) atoms. The maximum Gasteiger partial charge on any atom is 0.252 e. The molecule has 0 bridgehead atoms. The molecule has 0 atom stereocenters. The molecule has 3 rings (SSSR count). The van der Waals surface area contributed by atoms with Gasteiger partial charge in [-0.2, -0.15) is 0 Å². The van der Waals surface area contributed by atoms with E-state index in [1.165, 1.54) is 12.1 Å². The van der Waals surface area contributed by atoms with Gasteiger partial charge in [0.2, 0.25) is 0 Å². The molecule has 0 saturated carbocycles. The molecular weight excluding hydrogens is 293 g/mol. The van der Waals surface area contributed by atoms with E-state index in [-0.39, 0.29) is 11.7 Å². The van der Waals surface area contributed by atoms with Crippen molar-refractivity contribution >= 4 is 11.6 Å². The molecule has 1 aliphatic rings. The van der Waals surface area contributed by atoms with Gasteiger partial charge in [-0.3, -0.25) is 9.69 Å². The topological polar surface area (TPSA) is 35.6 Å². The number of benzene rings is 2. The SMILES string of the molecule is O=C(NCN1CCN(c2ccc(F)cc2)CC1)c1ccccc1. The van der Waals surface area contributed by atoms with Gasteiger partial charge in [0.15, 0.2) is 0 Å². The van der Waals surface area contributed by atoms with Crippen LogP contribution in [0.25, 0.3) is 0 Å². The maximum absolute atomic E-state index is 13.0. The normalized spacial score (nSPS) is 15.4. The van der Waals surface area contributed by atoms with Gasteiger partial charge in [0.05, 0.1) is 6.67 Å². The van der Waals surface area contributed by atoms with Crippen LogP contribution >= 0.6 is 0 Å². The molecule has 0 aliphatic carbocycles. The third-order valence-corrected chi connectivity index (χ3v) is 4.06. The van der Waals surface area contributed by atoms with E-state index in [1.54, 1.807) is 0 Å². The van der Waals surface area contributed by atoms with Gasteiger partial charge in [0.1, 0.15) is 5.82 Å². The molecule has 1 heterocycles. The lowest BCUT2D eigenvalue weighted by atomic mass is 10.2. The highest BCUT2D eigenvalue weighted by Gasteiger charge is 2.17. The molecule has 0 aromatic heterocycles. The highest BCUT2D eigenvalue weighted by atomic mass is 19.1. The van der Waals surface area contributed by atoms with Crippen LogP contribution in [-0.2, 0) is 0 Å². The van der Waals surface area contributed by atoms with Gasteiger partial charge in [-0.05, 0) is 36.4 Å². The summed E-state index contributed by atoms with van der Waals surface area (Å²) >= 11 is 0. The summed E-state index contributed by atoms with van der Waals surface area (Å²) in [6.45, 7) is 4.02. The Labute approximate surface area is 135 Å². The predicted molar refractivity (Wildman–Crippen MR) is 89.0 cm³/mol. The first-order valence-corrected chi connectivity index (χ1v) is 7.78. The van der Waals surface area contributed by atoms with Gasteiger partial charge < -0.3 is 10.2 Å². The third-order valence-electron chi connectivity index (χ3n) is 4.06. The molecule has 0 unspecified atom stereocenters. The van der Waals surface area contributed by atoms with Crippen LogP contribution in [0.5, 0.6) is 0 Å². The second-order valence-electron chi connectivity index (χ2n) is 5.61. The van der Waals surface area contributed by atoms with Gasteiger partial charge >= 0.3 is 0 Å². The summed E-state index contributed by atoms with van der Waals surface area (Å²) < 4.78 is 13.0. The molecule has 0 radical (unpaired) electrons. The van der Waals surface area contributed by atoms with Gasteiger partial charge in [0, 0.05) is 37.4 Å². The van der Waals surface area contributed by atoms with E-state index in [0.29, 0.717) is 12.2 Å². The molecule has 1 saturated heterocycles. The van der Waals surface area contributed by atoms with Crippen molar-refractivity contribution in [3.63, 3.8) is 0 Å². The van der Waals surface area contributed by atoms with Crippen molar-refractivity contribution < 1.29 is 9.18 Å². The van der Waals surface area contributed by atoms with Crippen molar-refractivity contribution in [1.82, 2.24) is 10.2 Å². The van der Waals surface area contributed by atoms with Gasteiger partial charge in [-0.1, -0.05) is 18.2 Å². The average molecular weight is 313 g/mol. The van der Waals surface area contributed by atoms with Crippen LogP contribution < -0.4 is 10.2 Å². The highest BCUT2D eigenvalue weighted by Crippen LogP contribution is 2.16. The number of amides is 1. The largest absolute Gasteiger partial charge is 0.369 e. The van der Waals surface area contributed by atoms with Crippen molar-refractivity contribution in [2.24, 2.45) is 0 Å². The van der Waals surface area contributed by atoms with Crippen LogP contribution in [0.1, 0.15) is 10.4 Å². The van der Waals surface area contributed by atoms with E-state index in [4.69, 9.17) is 0 Å². The van der Waals surface area contributed by atoms with Gasteiger partial charge in [0.25, 0.3) is 5.91 Å². The number of piperazine rings is 1. The van der Waals surface area contributed by atoms with E-state index >= 15 is 0 Å². The Morgan fingerprint density at radius 3 is 2.26 bits per heavy atom. The molecule has 5 heteroatoms. The second kappa shape index (κ2) is 7.24. The van der Waals surface area contributed by atoms with Crippen LogP contribution in [0, 0.1) is 5.82 Å². The standard InChI is InChI=1S/C18H20FN3O/c19-16-6-8-17(9-7-16)22-12-10-21(11-13-22)14-20-18(23)15-4-2-1-3-5-15/h1-9H,10-14H2,(H,20,23). The smallest absolute Gasteiger partial charge is 0.252 e. The average Bonchev–Trinajstić information content (AvgIpc) is 2.61. The second-order valence-corrected chi connectivity index (χ2v) is 5.61. The first-order valence-electron chi connectivity index (χ1n) is 7.78. The van der Waals surface area contributed by atoms with E-state index in [2.05, 4.69) is 15.1 Å². The van der Waals surface area contributed by atoms with Crippen LogP contribution in [0.15, 0.2) is 54.6 Å². The van der Waals surface area contributed by atoms with Crippen LogP contribution in [0.2, 0.25) is 0 Å². The molecule has 1 fully saturated rings. The summed E-state index contributed by atoms with van der Waals surface area (Å²) in [6, 6.07) is 15.8. The number of anilines is 1. The molecule has 2 aromatic rings. The fraction of sp³-hybridized carbons (Fsp3) is 0.278. The Balaban J connectivity index is 1.46. The zero-order valence-electron chi connectivity index (χ0n) is 12.9.